The summed E-state index contributed by atoms with van der Waals surface area (Å²) in [6.07, 6.45) is 13.9. The number of allylic oxidation sites excluding steroid dienone is 5. The molecule has 0 heterocycles. The van der Waals surface area contributed by atoms with Crippen LogP contribution in [0.15, 0.2) is 194 Å². The Bertz CT molecular complexity index is 2860. The molecule has 0 amide bonds. The minimum absolute atomic E-state index is 0.584. The topological polar surface area (TPSA) is 6.48 Å². The summed E-state index contributed by atoms with van der Waals surface area (Å²) in [6.45, 7) is 0. The van der Waals surface area contributed by atoms with Gasteiger partial charge in [-0.25, -0.2) is 0 Å². The number of benzene rings is 8. The van der Waals surface area contributed by atoms with Crippen LogP contribution >= 0.6 is 0 Å². The first-order chi connectivity index (χ1) is 27.8. The van der Waals surface area contributed by atoms with Gasteiger partial charge in [-0.2, -0.15) is 0 Å². The first kappa shape index (κ1) is 32.8. The maximum atomic E-state index is 2.50. The molecule has 3 aliphatic rings. The van der Waals surface area contributed by atoms with E-state index >= 15 is 0 Å². The van der Waals surface area contributed by atoms with Crippen LogP contribution in [0.5, 0.6) is 0 Å². The fourth-order valence-electron chi connectivity index (χ4n) is 9.45. The van der Waals surface area contributed by atoms with Crippen LogP contribution in [0.25, 0.3) is 44.0 Å². The molecule has 0 aliphatic heterocycles. The highest BCUT2D eigenvalue weighted by molar-refractivity contribution is 6.14. The van der Waals surface area contributed by atoms with Crippen molar-refractivity contribution < 1.29 is 0 Å². The largest absolute Gasteiger partial charge is 0.314 e. The molecule has 268 valence electrons. The molecule has 0 aromatic heterocycles. The summed E-state index contributed by atoms with van der Waals surface area (Å²) < 4.78 is 0. The molecule has 2 nitrogen and oxygen atoms in total. The van der Waals surface area contributed by atoms with Gasteiger partial charge in [0, 0.05) is 28.1 Å². The van der Waals surface area contributed by atoms with E-state index in [9.17, 15) is 0 Å². The van der Waals surface area contributed by atoms with Crippen LogP contribution in [-0.4, -0.2) is 0 Å². The lowest BCUT2D eigenvalue weighted by Gasteiger charge is -2.30. The molecule has 8 aromatic carbocycles. The van der Waals surface area contributed by atoms with Gasteiger partial charge in [0.2, 0.25) is 0 Å². The molecule has 1 saturated carbocycles. The van der Waals surface area contributed by atoms with E-state index in [2.05, 4.69) is 204 Å². The maximum absolute atomic E-state index is 2.50. The van der Waals surface area contributed by atoms with Crippen molar-refractivity contribution in [3.05, 3.63) is 210 Å². The van der Waals surface area contributed by atoms with E-state index in [1.807, 2.05) is 0 Å². The highest BCUT2D eigenvalue weighted by Gasteiger charge is 2.42. The quantitative estimate of drug-likeness (QED) is 0.151. The number of hydrogen-bond donors (Lipinski definition) is 0. The zero-order chi connectivity index (χ0) is 37.0. The zero-order valence-corrected chi connectivity index (χ0v) is 31.4. The van der Waals surface area contributed by atoms with Crippen molar-refractivity contribution in [3.8, 4) is 0 Å². The molecule has 8 aromatic rings. The van der Waals surface area contributed by atoms with Gasteiger partial charge in [-0.3, -0.25) is 0 Å². The molecular weight excluding hydrogens is 677 g/mol. The van der Waals surface area contributed by atoms with Crippen LogP contribution in [0.2, 0.25) is 0 Å². The molecule has 0 radical (unpaired) electrons. The average molecular weight is 719 g/mol. The second-order valence-electron chi connectivity index (χ2n) is 15.6. The van der Waals surface area contributed by atoms with Gasteiger partial charge in [0.15, 0.2) is 0 Å². The molecular formula is C54H42N2. The summed E-state index contributed by atoms with van der Waals surface area (Å²) in [7, 11) is 0. The van der Waals surface area contributed by atoms with Crippen LogP contribution < -0.4 is 9.80 Å². The van der Waals surface area contributed by atoms with Crippen molar-refractivity contribution in [2.75, 3.05) is 9.80 Å². The fourth-order valence-corrected chi connectivity index (χ4v) is 9.45. The lowest BCUT2D eigenvalue weighted by Crippen LogP contribution is -2.16. The minimum atomic E-state index is 0.584. The summed E-state index contributed by atoms with van der Waals surface area (Å²) in [5, 5.41) is 7.74. The third kappa shape index (κ3) is 5.64. The Kier molecular flexibility index (Phi) is 7.95. The van der Waals surface area contributed by atoms with E-state index in [1.54, 1.807) is 0 Å². The monoisotopic (exact) mass is 718 g/mol. The third-order valence-corrected chi connectivity index (χ3v) is 12.2. The van der Waals surface area contributed by atoms with E-state index in [0.29, 0.717) is 11.8 Å². The molecule has 1 fully saturated rings. The molecule has 11 rings (SSSR count). The van der Waals surface area contributed by atoms with Crippen molar-refractivity contribution in [1.82, 2.24) is 0 Å². The minimum Gasteiger partial charge on any atom is -0.314 e. The van der Waals surface area contributed by atoms with Gasteiger partial charge in [0.1, 0.15) is 0 Å². The molecule has 0 bridgehead atoms. The lowest BCUT2D eigenvalue weighted by atomic mass is 9.89. The van der Waals surface area contributed by atoms with E-state index in [-0.39, 0.29) is 0 Å². The zero-order valence-electron chi connectivity index (χ0n) is 31.4. The van der Waals surface area contributed by atoms with Gasteiger partial charge in [-0.15, -0.1) is 0 Å². The molecule has 3 aliphatic carbocycles. The Morgan fingerprint density at radius 1 is 0.464 bits per heavy atom. The van der Waals surface area contributed by atoms with Gasteiger partial charge < -0.3 is 9.80 Å². The Balaban J connectivity index is 0.994. The number of anilines is 5. The number of rotatable bonds is 7. The third-order valence-electron chi connectivity index (χ3n) is 12.2. The number of nitrogens with zero attached hydrogens (tertiary/aromatic N) is 2. The van der Waals surface area contributed by atoms with Crippen LogP contribution in [-0.2, 0) is 0 Å². The molecule has 2 atom stereocenters. The highest BCUT2D eigenvalue weighted by atomic mass is 15.2. The number of hydrogen-bond acceptors (Lipinski definition) is 2. The SMILES string of the molecule is C1=CC2CC2c2c(N(c3ccccc3)c3ccc(C4=CC=C(N(c5ccccc5)c5cc6ccccc6c6ccccc56)CCC4)cc3)cc3ccccc3c21. The number of fused-ring (bicyclic) bond motifs is 8. The fraction of sp³-hybridized carbons (Fsp3) is 0.111. The van der Waals surface area contributed by atoms with Gasteiger partial charge in [-0.1, -0.05) is 140 Å². The standard InChI is InChI=1S/C54H42N2/c1-3-17-42(18-4-1)55(52-35-39-14-7-9-22-46(39)48-24-11-12-25-49(48)52)44-21-13-16-37(26-30-44)38-27-31-45(32-28-38)56(43-19-5-2-6-20-43)53-36-40-15-8-10-23-47(40)50-33-29-41-34-51(41)54(50)53/h1-12,14-15,17-20,22-33,35-36,41,51H,13,16,21,34H2. The molecule has 0 N–H and O–H groups in total. The summed E-state index contributed by atoms with van der Waals surface area (Å²) in [4.78, 5) is 4.99. The van der Waals surface area contributed by atoms with E-state index in [0.717, 1.165) is 19.3 Å². The molecule has 0 spiro atoms. The lowest BCUT2D eigenvalue weighted by molar-refractivity contribution is 0.831. The second kappa shape index (κ2) is 13.6. The number of para-hydroxylation sites is 2. The Morgan fingerprint density at radius 3 is 1.80 bits per heavy atom. The molecule has 0 saturated heterocycles. The van der Waals surface area contributed by atoms with Crippen LogP contribution in [0.3, 0.4) is 0 Å². The van der Waals surface area contributed by atoms with Gasteiger partial charge in [0.25, 0.3) is 0 Å². The van der Waals surface area contributed by atoms with Crippen LogP contribution in [0, 0.1) is 5.92 Å². The molecule has 2 heteroatoms. The Hall–Kier alpha value is -6.64. The predicted molar refractivity (Wildman–Crippen MR) is 238 cm³/mol. The van der Waals surface area contributed by atoms with Gasteiger partial charge >= 0.3 is 0 Å². The normalized spacial score (nSPS) is 17.1. The first-order valence-corrected chi connectivity index (χ1v) is 20.1. The predicted octanol–water partition coefficient (Wildman–Crippen LogP) is 15.0. The van der Waals surface area contributed by atoms with E-state index < -0.39 is 0 Å². The molecule has 2 unspecified atom stereocenters. The Morgan fingerprint density at radius 2 is 1.05 bits per heavy atom. The second-order valence-corrected chi connectivity index (χ2v) is 15.6. The molecule has 56 heavy (non-hydrogen) atoms. The van der Waals surface area contributed by atoms with Crippen LogP contribution in [0.1, 0.15) is 48.3 Å². The van der Waals surface area contributed by atoms with Crippen molar-refractivity contribution in [3.63, 3.8) is 0 Å². The van der Waals surface area contributed by atoms with Crippen molar-refractivity contribution in [2.24, 2.45) is 5.92 Å². The summed E-state index contributed by atoms with van der Waals surface area (Å²) >= 11 is 0. The van der Waals surface area contributed by atoms with Gasteiger partial charge in [0.05, 0.1) is 11.4 Å². The van der Waals surface area contributed by atoms with Crippen molar-refractivity contribution in [1.29, 1.82) is 0 Å². The maximum Gasteiger partial charge on any atom is 0.0543 e. The Labute approximate surface area is 329 Å². The average Bonchev–Trinajstić information content (AvgIpc) is 4.09. The van der Waals surface area contributed by atoms with E-state index in [1.165, 1.54) is 95.1 Å². The van der Waals surface area contributed by atoms with E-state index in [4.69, 9.17) is 0 Å². The summed E-state index contributed by atoms with van der Waals surface area (Å²) in [5.74, 6) is 1.24. The van der Waals surface area contributed by atoms with Gasteiger partial charge in [-0.05, 0) is 141 Å². The van der Waals surface area contributed by atoms with Crippen LogP contribution in [0.4, 0.5) is 28.4 Å². The summed E-state index contributed by atoms with van der Waals surface area (Å²) in [5.41, 5.74) is 13.0. The smallest absolute Gasteiger partial charge is 0.0543 e. The summed E-state index contributed by atoms with van der Waals surface area (Å²) in [6, 6.07) is 62.5. The highest BCUT2D eigenvalue weighted by Crippen LogP contribution is 2.58. The van der Waals surface area contributed by atoms with Crippen molar-refractivity contribution >= 4 is 72.4 Å². The van der Waals surface area contributed by atoms with Crippen molar-refractivity contribution in [2.45, 2.75) is 31.6 Å². The first-order valence-electron chi connectivity index (χ1n) is 20.1.